The molecule has 2 heterocycles. The maximum absolute atomic E-state index is 14.3. The molecule has 0 radical (unpaired) electrons. The highest BCUT2D eigenvalue weighted by Crippen LogP contribution is 2.40. The molecule has 0 atom stereocenters. The molecule has 4 aromatic rings. The minimum absolute atomic E-state index is 0.0158. The van der Waals surface area contributed by atoms with Crippen molar-refractivity contribution < 1.29 is 41.5 Å². The molecule has 0 bridgehead atoms. The molecule has 0 amide bonds. The van der Waals surface area contributed by atoms with Crippen molar-refractivity contribution in [2.24, 2.45) is 0 Å². The summed E-state index contributed by atoms with van der Waals surface area (Å²) in [5.41, 5.74) is 0.0239. The van der Waals surface area contributed by atoms with E-state index in [1.54, 1.807) is 12.1 Å². The molecule has 220 valence electrons. The normalized spacial score (nSPS) is 14.2. The van der Waals surface area contributed by atoms with Gasteiger partial charge in [0.1, 0.15) is 31.1 Å². The zero-order valence-electron chi connectivity index (χ0n) is 22.7. The van der Waals surface area contributed by atoms with E-state index in [1.165, 1.54) is 48.5 Å². The molecule has 0 saturated carbocycles. The number of nitrogens with one attached hydrogen (secondary N) is 1. The van der Waals surface area contributed by atoms with Gasteiger partial charge in [-0.3, -0.25) is 4.79 Å². The molecule has 1 N–H and O–H groups in total. The summed E-state index contributed by atoms with van der Waals surface area (Å²) < 4.78 is 65.1. The van der Waals surface area contributed by atoms with Crippen LogP contribution in [0.2, 0.25) is 5.02 Å². The predicted octanol–water partition coefficient (Wildman–Crippen LogP) is 5.84. The van der Waals surface area contributed by atoms with E-state index in [0.29, 0.717) is 31.3 Å². The molecule has 5 rings (SSSR count). The fourth-order valence-electron chi connectivity index (χ4n) is 4.78. The second kappa shape index (κ2) is 12.6. The maximum Gasteiger partial charge on any atom is 0.453 e. The molecular formula is C31H28ClF3NO6+. The topological polar surface area (TPSA) is 79.4 Å². The van der Waals surface area contributed by atoms with E-state index in [1.807, 2.05) is 6.92 Å². The van der Waals surface area contributed by atoms with E-state index in [0.717, 1.165) is 23.3 Å². The molecule has 1 aliphatic rings. The summed E-state index contributed by atoms with van der Waals surface area (Å²) in [6, 6.07) is 15.1. The largest absolute Gasteiger partial charge is 0.453 e. The third-order valence-corrected chi connectivity index (χ3v) is 7.18. The molecule has 42 heavy (non-hydrogen) atoms. The first-order chi connectivity index (χ1) is 20.1. The van der Waals surface area contributed by atoms with Crippen LogP contribution in [0, 0.1) is 0 Å². The number of rotatable bonds is 8. The highest BCUT2D eigenvalue weighted by Gasteiger charge is 2.41. The van der Waals surface area contributed by atoms with Crippen LogP contribution in [0.1, 0.15) is 40.6 Å². The first kappa shape index (κ1) is 29.6. The molecule has 1 fully saturated rings. The second-order valence-electron chi connectivity index (χ2n) is 9.94. The molecule has 1 aromatic heterocycles. The molecule has 11 heteroatoms. The lowest BCUT2D eigenvalue weighted by molar-refractivity contribution is -0.921. The van der Waals surface area contributed by atoms with Crippen LogP contribution in [0.3, 0.4) is 0 Å². The zero-order valence-corrected chi connectivity index (χ0v) is 23.4. The summed E-state index contributed by atoms with van der Waals surface area (Å²) in [5, 5.41) is 0.291. The number of esters is 1. The lowest BCUT2D eigenvalue weighted by Crippen LogP contribution is -3.12. The van der Waals surface area contributed by atoms with Crippen LogP contribution in [0.15, 0.2) is 69.9 Å². The number of carbonyl (C=O) groups excluding carboxylic acids is 1. The van der Waals surface area contributed by atoms with Gasteiger partial charge in [0.2, 0.25) is 11.2 Å². The van der Waals surface area contributed by atoms with Gasteiger partial charge in [-0.15, -0.1) is 0 Å². The molecule has 3 aromatic carbocycles. The highest BCUT2D eigenvalue weighted by molar-refractivity contribution is 6.30. The molecule has 7 nitrogen and oxygen atoms in total. The van der Waals surface area contributed by atoms with Crippen LogP contribution in [-0.4, -0.2) is 32.3 Å². The number of alkyl halides is 3. The maximum atomic E-state index is 14.3. The molecule has 0 spiro atoms. The molecular weight excluding hydrogens is 575 g/mol. The van der Waals surface area contributed by atoms with Crippen LogP contribution in [-0.2, 0) is 23.9 Å². The minimum atomic E-state index is -5.05. The third-order valence-electron chi connectivity index (χ3n) is 6.93. The van der Waals surface area contributed by atoms with Gasteiger partial charge in [0.05, 0.1) is 29.7 Å². The van der Waals surface area contributed by atoms with Crippen molar-refractivity contribution in [2.45, 2.75) is 32.5 Å². The number of aryl methyl sites for hydroxylation is 1. The van der Waals surface area contributed by atoms with Gasteiger partial charge in [0, 0.05) is 5.02 Å². The zero-order chi connectivity index (χ0) is 29.9. The van der Waals surface area contributed by atoms with Crippen LogP contribution < -0.4 is 19.8 Å². The lowest BCUT2D eigenvalue weighted by Gasteiger charge is -2.25. The molecule has 1 saturated heterocycles. The monoisotopic (exact) mass is 602 g/mol. The predicted molar refractivity (Wildman–Crippen MR) is 150 cm³/mol. The Balaban J connectivity index is 1.62. The Morgan fingerprint density at radius 2 is 1.69 bits per heavy atom. The minimum Gasteiger partial charge on any atom is -0.449 e. The summed E-state index contributed by atoms with van der Waals surface area (Å²) in [6.45, 7) is 4.17. The summed E-state index contributed by atoms with van der Waals surface area (Å²) in [6.07, 6.45) is -3.35. The van der Waals surface area contributed by atoms with E-state index in [2.05, 4.69) is 0 Å². The third kappa shape index (κ3) is 6.61. The Labute approximate surface area is 244 Å². The molecule has 0 aliphatic carbocycles. The first-order valence-corrected chi connectivity index (χ1v) is 13.9. The number of quaternary nitrogens is 1. The number of morpholine rings is 1. The van der Waals surface area contributed by atoms with E-state index < -0.39 is 29.1 Å². The van der Waals surface area contributed by atoms with Crippen molar-refractivity contribution in [3.8, 4) is 17.2 Å². The van der Waals surface area contributed by atoms with Crippen molar-refractivity contribution >= 4 is 28.5 Å². The average Bonchev–Trinajstić information content (AvgIpc) is 2.97. The Morgan fingerprint density at radius 3 is 2.33 bits per heavy atom. The molecule has 1 aliphatic heterocycles. The Kier molecular flexibility index (Phi) is 8.86. The van der Waals surface area contributed by atoms with E-state index >= 15 is 0 Å². The molecule has 0 unspecified atom stereocenters. The van der Waals surface area contributed by atoms with Gasteiger partial charge in [-0.2, -0.15) is 13.2 Å². The number of fused-ring (bicyclic) bond motifs is 1. The summed E-state index contributed by atoms with van der Waals surface area (Å²) >= 11 is 5.92. The number of carbonyl (C=O) groups is 1. The highest BCUT2D eigenvalue weighted by atomic mass is 35.5. The van der Waals surface area contributed by atoms with Gasteiger partial charge < -0.3 is 23.5 Å². The van der Waals surface area contributed by atoms with Gasteiger partial charge in [-0.1, -0.05) is 37.1 Å². The summed E-state index contributed by atoms with van der Waals surface area (Å²) in [5.74, 6) is -3.23. The smallest absolute Gasteiger partial charge is 0.449 e. The van der Waals surface area contributed by atoms with Crippen LogP contribution >= 0.6 is 11.6 Å². The van der Waals surface area contributed by atoms with Crippen LogP contribution in [0.25, 0.3) is 11.0 Å². The quantitative estimate of drug-likeness (QED) is 0.202. The average molecular weight is 603 g/mol. The van der Waals surface area contributed by atoms with Crippen molar-refractivity contribution in [2.75, 3.05) is 26.3 Å². The number of benzene rings is 3. The van der Waals surface area contributed by atoms with Crippen molar-refractivity contribution in [3.63, 3.8) is 0 Å². The van der Waals surface area contributed by atoms with E-state index in [9.17, 15) is 22.8 Å². The number of ether oxygens (including phenoxy) is 3. The van der Waals surface area contributed by atoms with Crippen LogP contribution in [0.4, 0.5) is 13.2 Å². The summed E-state index contributed by atoms with van der Waals surface area (Å²) in [4.78, 5) is 27.5. The number of hydrogen-bond donors (Lipinski definition) is 1. The Bertz CT molecular complexity index is 1630. The Morgan fingerprint density at radius 1 is 1.00 bits per heavy atom. The van der Waals surface area contributed by atoms with Gasteiger partial charge in [-0.05, 0) is 60.5 Å². The first-order valence-electron chi connectivity index (χ1n) is 13.5. The van der Waals surface area contributed by atoms with E-state index in [-0.39, 0.29) is 40.1 Å². The van der Waals surface area contributed by atoms with Gasteiger partial charge in [-0.25, -0.2) is 4.79 Å². The fourth-order valence-corrected chi connectivity index (χ4v) is 4.91. The van der Waals surface area contributed by atoms with Crippen molar-refractivity contribution in [1.82, 2.24) is 0 Å². The second-order valence-corrected chi connectivity index (χ2v) is 10.4. The van der Waals surface area contributed by atoms with Gasteiger partial charge >= 0.3 is 12.1 Å². The number of halogens is 4. The van der Waals surface area contributed by atoms with E-state index in [4.69, 9.17) is 30.2 Å². The van der Waals surface area contributed by atoms with Crippen LogP contribution in [0.5, 0.6) is 17.2 Å². The van der Waals surface area contributed by atoms with Crippen molar-refractivity contribution in [1.29, 1.82) is 0 Å². The SMILES string of the molecule is CCCc1ccc(Oc2c(C(F)(F)F)oc3c(C[NH+]4CCOCC4)c(OC(=O)c4ccc(Cl)cc4)ccc3c2=O)cc1. The summed E-state index contributed by atoms with van der Waals surface area (Å²) in [7, 11) is 0. The fraction of sp³-hybridized carbons (Fsp3) is 0.290. The lowest BCUT2D eigenvalue weighted by atomic mass is 10.1. The van der Waals surface area contributed by atoms with Crippen molar-refractivity contribution in [3.05, 3.63) is 98.4 Å². The van der Waals surface area contributed by atoms with Gasteiger partial charge in [0.25, 0.3) is 5.76 Å². The number of hydrogen-bond acceptors (Lipinski definition) is 6. The van der Waals surface area contributed by atoms with Gasteiger partial charge in [0.15, 0.2) is 5.58 Å². The Hall–Kier alpha value is -3.86. The standard InChI is InChI=1S/C31H27ClF3NO6/c1-2-3-19-4-10-22(11-5-19)40-28-26(37)23-12-13-25(41-30(38)20-6-8-21(32)9-7-20)24(18-36-14-16-39-17-15-36)27(23)42-29(28)31(33,34)35/h4-13H,2-3,14-18H2,1H3/p+1.